The van der Waals surface area contributed by atoms with Crippen LogP contribution in [0.3, 0.4) is 0 Å². The molecule has 1 fully saturated rings. The summed E-state index contributed by atoms with van der Waals surface area (Å²) in [5.74, 6) is -0.907. The molecule has 0 radical (unpaired) electrons. The first kappa shape index (κ1) is 29.9. The van der Waals surface area contributed by atoms with Crippen LogP contribution in [-0.4, -0.2) is 39.3 Å². The number of hydrogen-bond donors (Lipinski definition) is 3. The standard InChI is InChI=1S/C24H27F6N3O4S/c1-15(16-10-18(23(25,26)27)12-19(11-16)24(28,29)30)37-14-22(17-6-4-3-5-7-17)9-8-21(13-32-22,20(31)34)33-38(2,35)36/h3-7,10-12,15,32-33H,8-9,13-14H2,1-2H3,(H2,31,34)/t15?,21-,22?/m0/s1. The molecular formula is C24H27F6N3O4S. The molecule has 0 spiro atoms. The van der Waals surface area contributed by atoms with Gasteiger partial charge in [-0.15, -0.1) is 0 Å². The summed E-state index contributed by atoms with van der Waals surface area (Å²) in [6.45, 7) is 0.878. The van der Waals surface area contributed by atoms with Crippen LogP contribution in [0.15, 0.2) is 48.5 Å². The van der Waals surface area contributed by atoms with Gasteiger partial charge in [0.1, 0.15) is 5.54 Å². The van der Waals surface area contributed by atoms with Gasteiger partial charge in [-0.2, -0.15) is 31.1 Å². The zero-order valence-corrected chi connectivity index (χ0v) is 21.2. The summed E-state index contributed by atoms with van der Waals surface area (Å²) < 4.78 is 112. The van der Waals surface area contributed by atoms with Crippen molar-refractivity contribution >= 4 is 15.9 Å². The molecule has 1 aliphatic rings. The molecule has 2 unspecified atom stereocenters. The number of benzene rings is 2. The molecule has 2 aromatic rings. The number of hydrogen-bond acceptors (Lipinski definition) is 5. The van der Waals surface area contributed by atoms with Gasteiger partial charge in [0.25, 0.3) is 0 Å². The summed E-state index contributed by atoms with van der Waals surface area (Å²) in [4.78, 5) is 12.2. The zero-order valence-electron chi connectivity index (χ0n) is 20.4. The third kappa shape index (κ3) is 6.84. The van der Waals surface area contributed by atoms with Gasteiger partial charge in [-0.1, -0.05) is 30.3 Å². The van der Waals surface area contributed by atoms with Crippen LogP contribution in [0.2, 0.25) is 0 Å². The second-order valence-corrected chi connectivity index (χ2v) is 11.2. The van der Waals surface area contributed by atoms with Gasteiger partial charge in [-0.05, 0) is 49.1 Å². The van der Waals surface area contributed by atoms with Gasteiger partial charge in [0.15, 0.2) is 0 Å². The quantitative estimate of drug-likeness (QED) is 0.420. The summed E-state index contributed by atoms with van der Waals surface area (Å²) in [6.07, 6.45) is -10.3. The van der Waals surface area contributed by atoms with Crippen molar-refractivity contribution in [1.82, 2.24) is 10.0 Å². The van der Waals surface area contributed by atoms with E-state index in [4.69, 9.17) is 10.5 Å². The SMILES string of the molecule is CC(OCC1(c2ccccc2)CC[C@@](NS(C)(=O)=O)(C(N)=O)CN1)c1cc(C(F)(F)F)cc(C(F)(F)F)c1. The lowest BCUT2D eigenvalue weighted by atomic mass is 9.76. The van der Waals surface area contributed by atoms with Crippen molar-refractivity contribution in [2.24, 2.45) is 5.73 Å². The molecule has 4 N–H and O–H groups in total. The number of carbonyl (C=O) groups is 1. The maximum absolute atomic E-state index is 13.3. The highest BCUT2D eigenvalue weighted by Crippen LogP contribution is 2.39. The molecule has 14 heteroatoms. The maximum atomic E-state index is 13.3. The number of nitrogens with two attached hydrogens (primary N) is 1. The van der Waals surface area contributed by atoms with E-state index in [0.29, 0.717) is 17.7 Å². The van der Waals surface area contributed by atoms with Crippen LogP contribution < -0.4 is 15.8 Å². The van der Waals surface area contributed by atoms with Crippen molar-refractivity contribution in [3.8, 4) is 0 Å². The Balaban J connectivity index is 1.92. The summed E-state index contributed by atoms with van der Waals surface area (Å²) >= 11 is 0. The Labute approximate surface area is 215 Å². The Kier molecular flexibility index (Phi) is 8.23. The zero-order chi connectivity index (χ0) is 28.6. The topological polar surface area (TPSA) is 111 Å². The predicted molar refractivity (Wildman–Crippen MR) is 126 cm³/mol. The number of rotatable bonds is 8. The first-order valence-electron chi connectivity index (χ1n) is 11.4. The van der Waals surface area contributed by atoms with Gasteiger partial charge >= 0.3 is 12.4 Å². The first-order chi connectivity index (χ1) is 17.4. The second kappa shape index (κ2) is 10.5. The van der Waals surface area contributed by atoms with Gasteiger partial charge in [-0.3, -0.25) is 4.79 Å². The van der Waals surface area contributed by atoms with Crippen LogP contribution in [0.1, 0.15) is 48.1 Å². The van der Waals surface area contributed by atoms with Crippen LogP contribution in [0.5, 0.6) is 0 Å². The van der Waals surface area contributed by atoms with Crippen LogP contribution in [0, 0.1) is 0 Å². The molecule has 0 aliphatic carbocycles. The molecule has 1 aliphatic heterocycles. The van der Waals surface area contributed by atoms with E-state index in [1.54, 1.807) is 30.3 Å². The van der Waals surface area contributed by atoms with E-state index in [9.17, 15) is 39.6 Å². The average Bonchev–Trinajstić information content (AvgIpc) is 2.81. The van der Waals surface area contributed by atoms with Crippen LogP contribution in [0.4, 0.5) is 26.3 Å². The summed E-state index contributed by atoms with van der Waals surface area (Å²) in [5, 5.41) is 3.11. The molecule has 1 heterocycles. The molecule has 210 valence electrons. The fourth-order valence-electron chi connectivity index (χ4n) is 4.41. The van der Waals surface area contributed by atoms with Gasteiger partial charge in [0.2, 0.25) is 15.9 Å². The Morgan fingerprint density at radius 3 is 2.03 bits per heavy atom. The minimum Gasteiger partial charge on any atom is -0.372 e. The van der Waals surface area contributed by atoms with Crippen molar-refractivity contribution in [1.29, 1.82) is 0 Å². The smallest absolute Gasteiger partial charge is 0.372 e. The molecule has 2 aromatic carbocycles. The molecule has 0 saturated carbocycles. The summed E-state index contributed by atoms with van der Waals surface area (Å²) in [5.41, 5.74) is 0.246. The molecular weight excluding hydrogens is 540 g/mol. The number of primary amides is 1. The third-order valence-corrected chi connectivity index (χ3v) is 7.31. The van der Waals surface area contributed by atoms with Crippen molar-refractivity contribution in [3.05, 3.63) is 70.8 Å². The van der Waals surface area contributed by atoms with E-state index in [1.165, 1.54) is 6.92 Å². The fraction of sp³-hybridized carbons (Fsp3) is 0.458. The van der Waals surface area contributed by atoms with Crippen LogP contribution in [-0.2, 0) is 37.4 Å². The van der Waals surface area contributed by atoms with Crippen LogP contribution >= 0.6 is 0 Å². The molecule has 1 saturated heterocycles. The summed E-state index contributed by atoms with van der Waals surface area (Å²) in [7, 11) is -3.83. The third-order valence-electron chi connectivity index (χ3n) is 6.55. The molecule has 38 heavy (non-hydrogen) atoms. The summed E-state index contributed by atoms with van der Waals surface area (Å²) in [6, 6.07) is 9.90. The number of halogens is 6. The highest BCUT2D eigenvalue weighted by molar-refractivity contribution is 7.88. The fourth-order valence-corrected chi connectivity index (χ4v) is 5.40. The van der Waals surface area contributed by atoms with E-state index in [0.717, 1.165) is 6.26 Å². The molecule has 7 nitrogen and oxygen atoms in total. The predicted octanol–water partition coefficient (Wildman–Crippen LogP) is 3.85. The van der Waals surface area contributed by atoms with Crippen molar-refractivity contribution in [2.45, 2.75) is 49.3 Å². The number of amides is 1. The maximum Gasteiger partial charge on any atom is 0.416 e. The molecule has 0 bridgehead atoms. The normalized spacial score (nSPS) is 23.7. The Hall–Kier alpha value is -2.68. The highest BCUT2D eigenvalue weighted by atomic mass is 32.2. The highest BCUT2D eigenvalue weighted by Gasteiger charge is 2.48. The van der Waals surface area contributed by atoms with E-state index in [-0.39, 0.29) is 37.6 Å². The van der Waals surface area contributed by atoms with E-state index >= 15 is 0 Å². The molecule has 0 aromatic heterocycles. The van der Waals surface area contributed by atoms with Crippen molar-refractivity contribution < 1.29 is 44.3 Å². The van der Waals surface area contributed by atoms with E-state index < -0.39 is 56.6 Å². The minimum atomic E-state index is -5.00. The van der Waals surface area contributed by atoms with Gasteiger partial charge in [-0.25, -0.2) is 8.42 Å². The van der Waals surface area contributed by atoms with Crippen LogP contribution in [0.25, 0.3) is 0 Å². The average molecular weight is 568 g/mol. The number of alkyl halides is 6. The number of ether oxygens (including phenoxy) is 1. The van der Waals surface area contributed by atoms with Gasteiger partial charge in [0.05, 0.1) is 35.6 Å². The Bertz CT molecular complexity index is 1230. The first-order valence-corrected chi connectivity index (χ1v) is 13.3. The largest absolute Gasteiger partial charge is 0.416 e. The Morgan fingerprint density at radius 2 is 1.61 bits per heavy atom. The lowest BCUT2D eigenvalue weighted by Crippen LogP contribution is -2.69. The van der Waals surface area contributed by atoms with E-state index in [1.807, 2.05) is 0 Å². The molecule has 3 rings (SSSR count). The lowest BCUT2D eigenvalue weighted by molar-refractivity contribution is -0.143. The van der Waals surface area contributed by atoms with E-state index in [2.05, 4.69) is 10.0 Å². The second-order valence-electron chi connectivity index (χ2n) is 9.41. The lowest BCUT2D eigenvalue weighted by Gasteiger charge is -2.46. The monoisotopic (exact) mass is 567 g/mol. The number of nitrogens with one attached hydrogen (secondary N) is 2. The molecule has 1 amide bonds. The molecule has 3 atom stereocenters. The van der Waals surface area contributed by atoms with Gasteiger partial charge in [0, 0.05) is 6.54 Å². The van der Waals surface area contributed by atoms with Gasteiger partial charge < -0.3 is 15.8 Å². The number of sulfonamides is 1. The van der Waals surface area contributed by atoms with Crippen molar-refractivity contribution in [3.63, 3.8) is 0 Å². The minimum absolute atomic E-state index is 0.0442. The Morgan fingerprint density at radius 1 is 1.05 bits per heavy atom. The number of carbonyl (C=O) groups excluding carboxylic acids is 1. The van der Waals surface area contributed by atoms with Crippen molar-refractivity contribution in [2.75, 3.05) is 19.4 Å². The number of piperidine rings is 1.